The van der Waals surface area contributed by atoms with Crippen LogP contribution in [0.25, 0.3) is 0 Å². The highest BCUT2D eigenvalue weighted by molar-refractivity contribution is 4.86. The van der Waals surface area contributed by atoms with E-state index in [2.05, 4.69) is 20.8 Å². The number of rotatable bonds is 6. The molecule has 0 fully saturated rings. The lowest BCUT2D eigenvalue weighted by Crippen LogP contribution is -2.15. The summed E-state index contributed by atoms with van der Waals surface area (Å²) in [6.07, 6.45) is 13.0. The highest BCUT2D eigenvalue weighted by Gasteiger charge is 1.89. The van der Waals surface area contributed by atoms with Gasteiger partial charge in [0.25, 0.3) is 0 Å². The predicted molar refractivity (Wildman–Crippen MR) is 53.2 cm³/mol. The van der Waals surface area contributed by atoms with E-state index >= 15 is 0 Å². The van der Waals surface area contributed by atoms with Crippen molar-refractivity contribution in [1.29, 1.82) is 0 Å². The van der Waals surface area contributed by atoms with Crippen molar-refractivity contribution in [2.75, 3.05) is 13.1 Å². The molecule has 0 aliphatic carbocycles. The van der Waals surface area contributed by atoms with Gasteiger partial charge in [-0.1, -0.05) is 5.92 Å². The van der Waals surface area contributed by atoms with E-state index in [0.29, 0.717) is 6.54 Å². The van der Waals surface area contributed by atoms with Crippen molar-refractivity contribution in [2.45, 2.75) is 19.4 Å². The van der Waals surface area contributed by atoms with Crippen LogP contribution in [0.1, 0.15) is 12.8 Å². The molecule has 0 aromatic carbocycles. The average molecular weight is 177 g/mol. The number of imidazole rings is 1. The van der Waals surface area contributed by atoms with Crippen molar-refractivity contribution in [3.05, 3.63) is 18.7 Å². The molecule has 13 heavy (non-hydrogen) atoms. The fraction of sp³-hybridized carbons (Fsp3) is 0.500. The molecule has 1 aromatic rings. The monoisotopic (exact) mass is 177 g/mol. The molecule has 1 heterocycles. The lowest BCUT2D eigenvalue weighted by molar-refractivity contribution is 0.584. The second kappa shape index (κ2) is 6.27. The topological polar surface area (TPSA) is 29.9 Å². The van der Waals surface area contributed by atoms with Crippen molar-refractivity contribution in [1.82, 2.24) is 14.9 Å². The summed E-state index contributed by atoms with van der Waals surface area (Å²) in [5.41, 5.74) is 0. The lowest BCUT2D eigenvalue weighted by atomic mass is 10.3. The number of nitrogens with one attached hydrogen (secondary N) is 1. The molecule has 1 N–H and O–H groups in total. The zero-order chi connectivity index (χ0) is 9.36. The molecule has 0 aliphatic rings. The molecular formula is C10H15N3. The van der Waals surface area contributed by atoms with Gasteiger partial charge in [-0.15, -0.1) is 6.42 Å². The zero-order valence-corrected chi connectivity index (χ0v) is 7.74. The van der Waals surface area contributed by atoms with Crippen LogP contribution >= 0.6 is 0 Å². The number of aryl methyl sites for hydroxylation is 1. The first kappa shape index (κ1) is 9.82. The Morgan fingerprint density at radius 2 is 2.38 bits per heavy atom. The molecule has 0 saturated carbocycles. The molecule has 0 unspecified atom stereocenters. The molecule has 0 bridgehead atoms. The van der Waals surface area contributed by atoms with Crippen LogP contribution in [0, 0.1) is 12.3 Å². The lowest BCUT2D eigenvalue weighted by Gasteiger charge is -2.02. The van der Waals surface area contributed by atoms with Gasteiger partial charge in [0.1, 0.15) is 0 Å². The minimum atomic E-state index is 0.672. The molecular weight excluding hydrogens is 162 g/mol. The molecule has 0 atom stereocenters. The van der Waals surface area contributed by atoms with E-state index in [1.54, 1.807) is 6.20 Å². The van der Waals surface area contributed by atoms with Gasteiger partial charge in [-0.2, -0.15) is 0 Å². The Labute approximate surface area is 79.2 Å². The normalized spacial score (nSPS) is 9.77. The van der Waals surface area contributed by atoms with Crippen LogP contribution in [0.2, 0.25) is 0 Å². The van der Waals surface area contributed by atoms with Crippen LogP contribution in [0.15, 0.2) is 18.7 Å². The summed E-state index contributed by atoms with van der Waals surface area (Å²) in [6.45, 7) is 2.71. The van der Waals surface area contributed by atoms with Crippen LogP contribution in [-0.2, 0) is 6.54 Å². The maximum Gasteiger partial charge on any atom is 0.0945 e. The van der Waals surface area contributed by atoms with Crippen LogP contribution in [0.5, 0.6) is 0 Å². The summed E-state index contributed by atoms with van der Waals surface area (Å²) in [5, 5.41) is 3.15. The number of hydrogen-bond donors (Lipinski definition) is 1. The van der Waals surface area contributed by atoms with Gasteiger partial charge < -0.3 is 9.88 Å². The van der Waals surface area contributed by atoms with E-state index < -0.39 is 0 Å². The number of hydrogen-bond acceptors (Lipinski definition) is 2. The SMILES string of the molecule is C#CCNCCCCn1ccnc1. The molecule has 3 nitrogen and oxygen atoms in total. The van der Waals surface area contributed by atoms with E-state index in [-0.39, 0.29) is 0 Å². The Morgan fingerprint density at radius 1 is 1.46 bits per heavy atom. The molecule has 1 rings (SSSR count). The third-order valence-electron chi connectivity index (χ3n) is 1.81. The standard InChI is InChI=1S/C10H15N3/c1-2-5-11-6-3-4-8-13-9-7-12-10-13/h1,7,9-11H,3-6,8H2. The largest absolute Gasteiger partial charge is 0.337 e. The Balaban J connectivity index is 1.94. The van der Waals surface area contributed by atoms with Crippen molar-refractivity contribution in [3.8, 4) is 12.3 Å². The Morgan fingerprint density at radius 3 is 3.08 bits per heavy atom. The van der Waals surface area contributed by atoms with E-state index in [0.717, 1.165) is 25.9 Å². The summed E-state index contributed by atoms with van der Waals surface area (Å²) in [4.78, 5) is 3.97. The first-order valence-corrected chi connectivity index (χ1v) is 4.53. The van der Waals surface area contributed by atoms with Gasteiger partial charge in [0.15, 0.2) is 0 Å². The van der Waals surface area contributed by atoms with Crippen molar-refractivity contribution in [3.63, 3.8) is 0 Å². The summed E-state index contributed by atoms with van der Waals surface area (Å²) in [7, 11) is 0. The number of nitrogens with zero attached hydrogens (tertiary/aromatic N) is 2. The smallest absolute Gasteiger partial charge is 0.0945 e. The van der Waals surface area contributed by atoms with Crippen LogP contribution in [0.4, 0.5) is 0 Å². The van der Waals surface area contributed by atoms with Crippen LogP contribution in [0.3, 0.4) is 0 Å². The number of terminal acetylenes is 1. The van der Waals surface area contributed by atoms with E-state index in [9.17, 15) is 0 Å². The van der Waals surface area contributed by atoms with Gasteiger partial charge in [-0.3, -0.25) is 0 Å². The van der Waals surface area contributed by atoms with Gasteiger partial charge in [0.05, 0.1) is 12.9 Å². The minimum Gasteiger partial charge on any atom is -0.337 e. The fourth-order valence-electron chi connectivity index (χ4n) is 1.12. The summed E-state index contributed by atoms with van der Waals surface area (Å²) >= 11 is 0. The maximum absolute atomic E-state index is 5.10. The van der Waals surface area contributed by atoms with E-state index in [1.807, 2.05) is 12.5 Å². The number of unbranched alkanes of at least 4 members (excludes halogenated alkanes) is 1. The third-order valence-corrected chi connectivity index (χ3v) is 1.81. The molecule has 0 amide bonds. The van der Waals surface area contributed by atoms with Crippen LogP contribution in [-0.4, -0.2) is 22.6 Å². The summed E-state index contributed by atoms with van der Waals surface area (Å²) < 4.78 is 2.08. The van der Waals surface area contributed by atoms with E-state index in [4.69, 9.17) is 6.42 Å². The maximum atomic E-state index is 5.10. The second-order valence-corrected chi connectivity index (χ2v) is 2.89. The molecule has 70 valence electrons. The molecule has 0 saturated heterocycles. The first-order chi connectivity index (χ1) is 6.43. The van der Waals surface area contributed by atoms with Crippen molar-refractivity contribution < 1.29 is 0 Å². The first-order valence-electron chi connectivity index (χ1n) is 4.53. The van der Waals surface area contributed by atoms with Crippen molar-refractivity contribution >= 4 is 0 Å². The average Bonchev–Trinajstić information content (AvgIpc) is 2.63. The van der Waals surface area contributed by atoms with Crippen molar-refractivity contribution in [2.24, 2.45) is 0 Å². The predicted octanol–water partition coefficient (Wildman–Crippen LogP) is 0.886. The second-order valence-electron chi connectivity index (χ2n) is 2.89. The van der Waals surface area contributed by atoms with Gasteiger partial charge >= 0.3 is 0 Å². The highest BCUT2D eigenvalue weighted by atomic mass is 15.0. The van der Waals surface area contributed by atoms with Gasteiger partial charge in [0.2, 0.25) is 0 Å². The molecule has 0 spiro atoms. The third kappa shape index (κ3) is 4.34. The van der Waals surface area contributed by atoms with Gasteiger partial charge in [-0.25, -0.2) is 4.98 Å². The highest BCUT2D eigenvalue weighted by Crippen LogP contribution is 1.93. The number of aromatic nitrogens is 2. The van der Waals surface area contributed by atoms with Gasteiger partial charge in [-0.05, 0) is 19.4 Å². The minimum absolute atomic E-state index is 0.672. The Kier molecular flexibility index (Phi) is 4.73. The molecule has 0 aliphatic heterocycles. The Hall–Kier alpha value is -1.27. The van der Waals surface area contributed by atoms with E-state index in [1.165, 1.54) is 0 Å². The van der Waals surface area contributed by atoms with Gasteiger partial charge in [0, 0.05) is 18.9 Å². The summed E-state index contributed by atoms with van der Waals surface area (Å²) in [6, 6.07) is 0. The summed E-state index contributed by atoms with van der Waals surface area (Å²) in [5.74, 6) is 2.55. The molecule has 3 heteroatoms. The molecule has 1 aromatic heterocycles. The Bertz CT molecular complexity index is 246. The zero-order valence-electron chi connectivity index (χ0n) is 7.74. The molecule has 0 radical (unpaired) electrons. The van der Waals surface area contributed by atoms with Crippen LogP contribution < -0.4 is 5.32 Å². The fourth-order valence-corrected chi connectivity index (χ4v) is 1.12. The quantitative estimate of drug-likeness (QED) is 0.516.